The molecule has 9 nitrogen and oxygen atoms in total. The predicted molar refractivity (Wildman–Crippen MR) is 116 cm³/mol. The molecule has 2 aliphatic rings. The average Bonchev–Trinajstić information content (AvgIpc) is 3.27. The first-order valence-electron chi connectivity index (χ1n) is 10.8. The summed E-state index contributed by atoms with van der Waals surface area (Å²) in [6.45, 7) is 7.99. The minimum absolute atomic E-state index is 0.212. The van der Waals surface area contributed by atoms with Gasteiger partial charge in [0.15, 0.2) is 0 Å². The molecule has 0 saturated carbocycles. The van der Waals surface area contributed by atoms with Gasteiger partial charge in [-0.3, -0.25) is 9.47 Å². The highest BCUT2D eigenvalue weighted by molar-refractivity contribution is 5.48. The largest absolute Gasteiger partial charge is 0.436 e. The van der Waals surface area contributed by atoms with E-state index >= 15 is 0 Å². The van der Waals surface area contributed by atoms with Gasteiger partial charge in [-0.15, -0.1) is 0 Å². The SMILES string of the molecule is CN(CCN1CCN(c2ccc(C(F)(F)F)cc2)CC1)C[C@@]1(C)Cn2cc([N+](=O)[O-])nc2O1. The van der Waals surface area contributed by atoms with Crippen molar-refractivity contribution in [2.75, 3.05) is 57.8 Å². The van der Waals surface area contributed by atoms with Crippen molar-refractivity contribution in [1.82, 2.24) is 19.4 Å². The van der Waals surface area contributed by atoms with Crippen molar-refractivity contribution in [3.05, 3.63) is 46.1 Å². The van der Waals surface area contributed by atoms with E-state index in [-0.39, 0.29) is 11.8 Å². The lowest BCUT2D eigenvalue weighted by molar-refractivity contribution is -0.389. The molecular formula is C21H27F3N6O3. The predicted octanol–water partition coefficient (Wildman–Crippen LogP) is 2.72. The van der Waals surface area contributed by atoms with E-state index in [9.17, 15) is 23.3 Å². The Morgan fingerprint density at radius 1 is 1.21 bits per heavy atom. The molecule has 1 fully saturated rings. The fourth-order valence-corrected chi connectivity index (χ4v) is 4.42. The van der Waals surface area contributed by atoms with Crippen LogP contribution in [0, 0.1) is 10.1 Å². The third kappa shape index (κ3) is 5.38. The molecule has 1 saturated heterocycles. The smallest absolute Gasteiger partial charge is 0.416 e. The van der Waals surface area contributed by atoms with Crippen LogP contribution in [-0.4, -0.2) is 82.7 Å². The molecule has 0 spiro atoms. The van der Waals surface area contributed by atoms with E-state index < -0.39 is 22.3 Å². The number of likely N-dealkylation sites (N-methyl/N-ethyl adjacent to an activating group) is 1. The van der Waals surface area contributed by atoms with E-state index in [0.29, 0.717) is 13.1 Å². The summed E-state index contributed by atoms with van der Waals surface area (Å²) >= 11 is 0. The summed E-state index contributed by atoms with van der Waals surface area (Å²) < 4.78 is 45.8. The summed E-state index contributed by atoms with van der Waals surface area (Å²) in [6, 6.07) is 5.61. The van der Waals surface area contributed by atoms with Crippen LogP contribution in [0.1, 0.15) is 12.5 Å². The zero-order valence-electron chi connectivity index (χ0n) is 18.6. The van der Waals surface area contributed by atoms with E-state index in [1.54, 1.807) is 4.57 Å². The number of ether oxygens (including phenoxy) is 1. The molecule has 0 amide bonds. The van der Waals surface area contributed by atoms with Crippen LogP contribution in [0.25, 0.3) is 0 Å². The maximum atomic E-state index is 12.8. The van der Waals surface area contributed by atoms with E-state index in [0.717, 1.165) is 57.1 Å². The first-order valence-corrected chi connectivity index (χ1v) is 10.8. The van der Waals surface area contributed by atoms with Crippen LogP contribution >= 0.6 is 0 Å². The summed E-state index contributed by atoms with van der Waals surface area (Å²) in [7, 11) is 2.01. The number of hydrogen-bond donors (Lipinski definition) is 0. The molecule has 1 aromatic heterocycles. The molecule has 2 aromatic rings. The van der Waals surface area contributed by atoms with Crippen LogP contribution in [0.2, 0.25) is 0 Å². The molecule has 12 heteroatoms. The van der Waals surface area contributed by atoms with Gasteiger partial charge >= 0.3 is 18.0 Å². The second kappa shape index (κ2) is 8.82. The van der Waals surface area contributed by atoms with Crippen molar-refractivity contribution < 1.29 is 22.8 Å². The number of piperazine rings is 1. The Bertz CT molecular complexity index is 963. The summed E-state index contributed by atoms with van der Waals surface area (Å²) in [5.41, 5.74) is -0.327. The van der Waals surface area contributed by atoms with Gasteiger partial charge in [-0.2, -0.15) is 13.2 Å². The lowest BCUT2D eigenvalue weighted by Gasteiger charge is -2.37. The van der Waals surface area contributed by atoms with E-state index in [2.05, 4.69) is 19.7 Å². The van der Waals surface area contributed by atoms with Crippen LogP contribution in [-0.2, 0) is 12.7 Å². The summed E-state index contributed by atoms with van der Waals surface area (Å²) in [5.74, 6) is -0.212. The summed E-state index contributed by atoms with van der Waals surface area (Å²) in [4.78, 5) is 20.8. The van der Waals surface area contributed by atoms with E-state index in [1.807, 2.05) is 14.0 Å². The van der Waals surface area contributed by atoms with Crippen molar-refractivity contribution in [2.24, 2.45) is 0 Å². The maximum Gasteiger partial charge on any atom is 0.416 e. The molecule has 0 bridgehead atoms. The van der Waals surface area contributed by atoms with Gasteiger partial charge < -0.3 is 24.7 Å². The first kappa shape index (κ1) is 23.3. The van der Waals surface area contributed by atoms with Crippen LogP contribution < -0.4 is 9.64 Å². The van der Waals surface area contributed by atoms with Crippen molar-refractivity contribution in [2.45, 2.75) is 25.2 Å². The number of halogens is 3. The number of imidazole rings is 1. The molecule has 1 aromatic carbocycles. The average molecular weight is 468 g/mol. The monoisotopic (exact) mass is 468 g/mol. The molecule has 180 valence electrons. The quantitative estimate of drug-likeness (QED) is 0.457. The van der Waals surface area contributed by atoms with Crippen molar-refractivity contribution in [3.63, 3.8) is 0 Å². The lowest BCUT2D eigenvalue weighted by atomic mass is 10.1. The minimum Gasteiger partial charge on any atom is -0.436 e. The van der Waals surface area contributed by atoms with Gasteiger partial charge in [0.05, 0.1) is 12.1 Å². The molecule has 4 rings (SSSR count). The normalized spacial score (nSPS) is 21.3. The van der Waals surface area contributed by atoms with Gasteiger partial charge in [0.2, 0.25) is 0 Å². The number of nitro groups is 1. The molecule has 0 N–H and O–H groups in total. The number of nitrogens with zero attached hydrogens (tertiary/aromatic N) is 6. The second-order valence-corrected chi connectivity index (χ2v) is 8.93. The lowest BCUT2D eigenvalue weighted by Crippen LogP contribution is -2.50. The standard InChI is InChI=1S/C21H27F3N6O3/c1-20(15-29-13-18(30(31)32)25-19(29)33-20)14-26(2)7-8-27-9-11-28(12-10-27)17-5-3-16(4-6-17)21(22,23)24/h3-6,13H,7-12,14-15H2,1-2H3/t20-/m0/s1. The first-order chi connectivity index (χ1) is 15.5. The number of alkyl halides is 3. The maximum absolute atomic E-state index is 12.8. The Labute approximate surface area is 189 Å². The number of hydrogen-bond acceptors (Lipinski definition) is 7. The van der Waals surface area contributed by atoms with Gasteiger partial charge in [-0.25, -0.2) is 0 Å². The van der Waals surface area contributed by atoms with E-state index in [4.69, 9.17) is 4.74 Å². The van der Waals surface area contributed by atoms with Crippen molar-refractivity contribution in [1.29, 1.82) is 0 Å². The number of anilines is 1. The van der Waals surface area contributed by atoms with Gasteiger partial charge in [0.25, 0.3) is 0 Å². The van der Waals surface area contributed by atoms with Crippen LogP contribution in [0.4, 0.5) is 24.7 Å². The summed E-state index contributed by atoms with van der Waals surface area (Å²) in [5, 5.41) is 10.8. The Balaban J connectivity index is 1.20. The van der Waals surface area contributed by atoms with Gasteiger partial charge in [-0.05, 0) is 43.2 Å². The number of fused-ring (bicyclic) bond motifs is 1. The number of benzene rings is 1. The Morgan fingerprint density at radius 2 is 1.88 bits per heavy atom. The molecule has 2 aliphatic heterocycles. The third-order valence-corrected chi connectivity index (χ3v) is 6.09. The zero-order chi connectivity index (χ0) is 23.8. The zero-order valence-corrected chi connectivity index (χ0v) is 18.6. The minimum atomic E-state index is -4.32. The molecule has 0 radical (unpaired) electrons. The van der Waals surface area contributed by atoms with Crippen LogP contribution in [0.3, 0.4) is 0 Å². The fourth-order valence-electron chi connectivity index (χ4n) is 4.42. The molecule has 0 aliphatic carbocycles. The molecule has 0 unspecified atom stereocenters. The molecule has 1 atom stereocenters. The Morgan fingerprint density at radius 3 is 2.45 bits per heavy atom. The highest BCUT2D eigenvalue weighted by atomic mass is 19.4. The van der Waals surface area contributed by atoms with Crippen LogP contribution in [0.15, 0.2) is 30.5 Å². The van der Waals surface area contributed by atoms with Crippen molar-refractivity contribution in [3.8, 4) is 6.01 Å². The molecule has 3 heterocycles. The number of aromatic nitrogens is 2. The Kier molecular flexibility index (Phi) is 6.23. The van der Waals surface area contributed by atoms with Gasteiger partial charge in [-0.1, -0.05) is 0 Å². The highest BCUT2D eigenvalue weighted by Gasteiger charge is 2.41. The van der Waals surface area contributed by atoms with E-state index in [1.165, 1.54) is 18.3 Å². The third-order valence-electron chi connectivity index (χ3n) is 6.09. The van der Waals surface area contributed by atoms with Gasteiger partial charge in [0, 0.05) is 56.5 Å². The highest BCUT2D eigenvalue weighted by Crippen LogP contribution is 2.32. The molecule has 33 heavy (non-hydrogen) atoms. The second-order valence-electron chi connectivity index (χ2n) is 8.93. The number of rotatable bonds is 7. The summed E-state index contributed by atoms with van der Waals surface area (Å²) in [6.07, 6.45) is -2.92. The topological polar surface area (TPSA) is 79.9 Å². The molecular weight excluding hydrogens is 441 g/mol. The van der Waals surface area contributed by atoms with Crippen molar-refractivity contribution >= 4 is 11.5 Å². The van der Waals surface area contributed by atoms with Gasteiger partial charge in [0.1, 0.15) is 11.8 Å². The Hall–Kier alpha value is -2.86. The van der Waals surface area contributed by atoms with Crippen LogP contribution in [0.5, 0.6) is 6.01 Å². The fraction of sp³-hybridized carbons (Fsp3) is 0.571.